The van der Waals surface area contributed by atoms with Crippen molar-refractivity contribution in [3.8, 4) is 17.2 Å². The van der Waals surface area contributed by atoms with Crippen molar-refractivity contribution in [2.75, 3.05) is 20.0 Å². The van der Waals surface area contributed by atoms with Crippen LogP contribution in [0.5, 0.6) is 17.2 Å². The van der Waals surface area contributed by atoms with E-state index in [0.29, 0.717) is 11.5 Å². The van der Waals surface area contributed by atoms with Gasteiger partial charge in [0.2, 0.25) is 6.79 Å². The van der Waals surface area contributed by atoms with Gasteiger partial charge in [0.25, 0.3) is 5.91 Å². The van der Waals surface area contributed by atoms with Crippen molar-refractivity contribution >= 4 is 19.6 Å². The first-order valence-corrected chi connectivity index (χ1v) is 13.2. The van der Waals surface area contributed by atoms with E-state index in [1.165, 1.54) is 36.2 Å². The fraction of sp³-hybridized carbons (Fsp3) is 0.478. The Morgan fingerprint density at radius 3 is 2.87 bits per heavy atom. The Labute approximate surface area is 218 Å². The molecule has 208 valence electrons. The summed E-state index contributed by atoms with van der Waals surface area (Å²) in [4.78, 5) is 24.9. The fourth-order valence-corrected chi connectivity index (χ4v) is 5.44. The van der Waals surface area contributed by atoms with Crippen LogP contribution in [0.15, 0.2) is 42.9 Å². The van der Waals surface area contributed by atoms with Crippen molar-refractivity contribution in [2.45, 2.75) is 50.9 Å². The number of carbonyl (C=O) groups excluding carboxylic acids is 2. The second kappa shape index (κ2) is 10.9. The molecule has 0 aliphatic carbocycles. The second-order valence-corrected chi connectivity index (χ2v) is 10.5. The molecule has 4 rings (SSSR count). The number of benzene rings is 1. The Hall–Kier alpha value is -3.16. The summed E-state index contributed by atoms with van der Waals surface area (Å²) < 4.78 is 61.7. The maximum absolute atomic E-state index is 15.6. The highest BCUT2D eigenvalue weighted by Gasteiger charge is 2.57. The monoisotopic (exact) mass is 557 g/mol. The first-order valence-electron chi connectivity index (χ1n) is 11.7. The first kappa shape index (κ1) is 27.9. The van der Waals surface area contributed by atoms with E-state index in [2.05, 4.69) is 17.0 Å². The lowest BCUT2D eigenvalue weighted by Gasteiger charge is -2.35. The first-order chi connectivity index (χ1) is 17.9. The molecule has 1 amide bonds. The number of rotatable bonds is 10. The summed E-state index contributed by atoms with van der Waals surface area (Å²) in [5, 5.41) is 15.6. The van der Waals surface area contributed by atoms with E-state index >= 15 is 4.39 Å². The number of fused-ring (bicyclic) bond motifs is 1. The maximum Gasteiger partial charge on any atom is 0.459 e. The number of nitrogens with zero attached hydrogens (tertiary/aromatic N) is 1. The summed E-state index contributed by atoms with van der Waals surface area (Å²) in [7, 11) is -4.36. The minimum atomic E-state index is -4.36. The zero-order valence-electron chi connectivity index (χ0n) is 20.9. The molecule has 0 radical (unpaired) electrons. The molecule has 3 aliphatic heterocycles. The lowest BCUT2D eigenvalue weighted by molar-refractivity contribution is -0.144. The van der Waals surface area contributed by atoms with E-state index in [4.69, 9.17) is 28.0 Å². The van der Waals surface area contributed by atoms with Crippen LogP contribution in [-0.4, -0.2) is 72.0 Å². The molecule has 3 aliphatic rings. The number of amides is 1. The SMILES string of the molecule is C=C1NC(=O)C=CN1[C@@H]1O[C@H](CO[P@@](=O)(N[C@@H](C)C(=O)OCC)Oc2ccc3c(c2)OCO3)[C@@H](O)[C@@]1(C)F. The van der Waals surface area contributed by atoms with Gasteiger partial charge in [-0.1, -0.05) is 6.58 Å². The topological polar surface area (TPSA) is 154 Å². The van der Waals surface area contributed by atoms with Crippen molar-refractivity contribution in [1.82, 2.24) is 15.3 Å². The molecule has 13 nitrogen and oxygen atoms in total. The van der Waals surface area contributed by atoms with Gasteiger partial charge in [0.05, 0.1) is 13.2 Å². The number of alkyl halides is 1. The molecular formula is C23H29FN3O10P. The molecule has 3 N–H and O–H groups in total. The Kier molecular flexibility index (Phi) is 8.00. The lowest BCUT2D eigenvalue weighted by Crippen LogP contribution is -2.51. The van der Waals surface area contributed by atoms with E-state index in [9.17, 15) is 19.3 Å². The predicted molar refractivity (Wildman–Crippen MR) is 128 cm³/mol. The molecule has 0 bridgehead atoms. The molecule has 1 saturated heterocycles. The Morgan fingerprint density at radius 2 is 2.16 bits per heavy atom. The van der Waals surface area contributed by atoms with Gasteiger partial charge in [-0.15, -0.1) is 0 Å². The van der Waals surface area contributed by atoms with Crippen molar-refractivity contribution in [2.24, 2.45) is 0 Å². The van der Waals surface area contributed by atoms with E-state index < -0.39 is 56.4 Å². The van der Waals surface area contributed by atoms with Gasteiger partial charge in [0.1, 0.15) is 29.8 Å². The van der Waals surface area contributed by atoms with Gasteiger partial charge in [0.15, 0.2) is 23.4 Å². The van der Waals surface area contributed by atoms with Crippen LogP contribution in [-0.2, 0) is 28.2 Å². The van der Waals surface area contributed by atoms with Crippen LogP contribution in [0.4, 0.5) is 4.39 Å². The highest BCUT2D eigenvalue weighted by atomic mass is 31.2. The molecule has 3 heterocycles. The van der Waals surface area contributed by atoms with E-state index in [-0.39, 0.29) is 25.0 Å². The largest absolute Gasteiger partial charge is 0.465 e. The molecule has 6 atom stereocenters. The molecule has 15 heteroatoms. The van der Waals surface area contributed by atoms with E-state index in [0.717, 1.165) is 13.0 Å². The van der Waals surface area contributed by atoms with Gasteiger partial charge in [-0.25, -0.2) is 8.96 Å². The summed E-state index contributed by atoms with van der Waals surface area (Å²) in [6, 6.07) is 3.30. The number of ether oxygens (including phenoxy) is 4. The standard InChI is InChI=1S/C23H29FN3O10P/c1-5-32-21(30)13(2)26-38(31,37-15-6-7-16-17(10-15)34-12-33-16)35-11-18-20(29)23(4,24)22(36-18)27-9-8-19(28)25-14(27)3/h6-10,13,18,20,22,29H,3,5,11-12H2,1-2,4H3,(H,25,28)(H,26,31)/t13-,18+,20+,22+,23+,38-/m0/s1. The van der Waals surface area contributed by atoms with Crippen LogP contribution in [0, 0.1) is 0 Å². The maximum atomic E-state index is 15.6. The average molecular weight is 557 g/mol. The summed E-state index contributed by atoms with van der Waals surface area (Å²) in [5.41, 5.74) is -2.35. The third kappa shape index (κ3) is 5.79. The normalized spacial score (nSPS) is 28.6. The lowest BCUT2D eigenvalue weighted by atomic mass is 9.98. The van der Waals surface area contributed by atoms with E-state index in [1.54, 1.807) is 6.92 Å². The number of carbonyl (C=O) groups is 2. The number of nitrogens with one attached hydrogen (secondary N) is 2. The summed E-state index contributed by atoms with van der Waals surface area (Å²) in [6.07, 6.45) is -2.01. The number of halogens is 1. The Balaban J connectivity index is 1.51. The summed E-state index contributed by atoms with van der Waals surface area (Å²) >= 11 is 0. The van der Waals surface area contributed by atoms with Gasteiger partial charge in [-0.05, 0) is 32.9 Å². The zero-order valence-corrected chi connectivity index (χ0v) is 21.8. The molecular weight excluding hydrogens is 528 g/mol. The Bertz CT molecular complexity index is 1180. The van der Waals surface area contributed by atoms with Crippen LogP contribution >= 0.6 is 7.75 Å². The highest BCUT2D eigenvalue weighted by molar-refractivity contribution is 7.52. The predicted octanol–water partition coefficient (Wildman–Crippen LogP) is 1.69. The zero-order chi connectivity index (χ0) is 27.7. The van der Waals surface area contributed by atoms with Crippen LogP contribution < -0.4 is 24.4 Å². The number of aliphatic hydroxyl groups is 1. The third-order valence-corrected chi connectivity index (χ3v) is 7.55. The van der Waals surface area contributed by atoms with Gasteiger partial charge in [-0.3, -0.25) is 14.1 Å². The number of esters is 1. The summed E-state index contributed by atoms with van der Waals surface area (Å²) in [5.74, 6) is -0.249. The molecule has 0 spiro atoms. The van der Waals surface area contributed by atoms with Crippen LogP contribution in [0.3, 0.4) is 0 Å². The molecule has 1 aromatic rings. The molecule has 0 unspecified atom stereocenters. The van der Waals surface area contributed by atoms with Gasteiger partial charge in [-0.2, -0.15) is 5.09 Å². The van der Waals surface area contributed by atoms with Crippen LogP contribution in [0.1, 0.15) is 20.8 Å². The molecule has 1 fully saturated rings. The fourth-order valence-electron chi connectivity index (χ4n) is 3.95. The van der Waals surface area contributed by atoms with Gasteiger partial charge >= 0.3 is 13.7 Å². The molecule has 1 aromatic carbocycles. The van der Waals surface area contributed by atoms with Crippen molar-refractivity contribution in [3.63, 3.8) is 0 Å². The smallest absolute Gasteiger partial charge is 0.459 e. The van der Waals surface area contributed by atoms with Gasteiger partial charge in [0, 0.05) is 18.3 Å². The van der Waals surface area contributed by atoms with Crippen molar-refractivity contribution < 1.29 is 51.6 Å². The average Bonchev–Trinajstić information content (AvgIpc) is 3.40. The minimum absolute atomic E-state index is 0.00741. The number of hydrogen-bond donors (Lipinski definition) is 3. The summed E-state index contributed by atoms with van der Waals surface area (Å²) in [6.45, 7) is 7.30. The molecule has 0 aromatic heterocycles. The number of aliphatic hydroxyl groups excluding tert-OH is 1. The van der Waals surface area contributed by atoms with Crippen molar-refractivity contribution in [3.05, 3.63) is 42.9 Å². The number of hydrogen-bond acceptors (Lipinski definition) is 11. The van der Waals surface area contributed by atoms with Crippen LogP contribution in [0.2, 0.25) is 0 Å². The van der Waals surface area contributed by atoms with E-state index in [1.807, 2.05) is 0 Å². The van der Waals surface area contributed by atoms with Gasteiger partial charge < -0.3 is 38.8 Å². The highest BCUT2D eigenvalue weighted by Crippen LogP contribution is 2.48. The quantitative estimate of drug-likeness (QED) is 0.283. The third-order valence-electron chi connectivity index (χ3n) is 5.91. The second-order valence-electron chi connectivity index (χ2n) is 8.78. The Morgan fingerprint density at radius 1 is 1.42 bits per heavy atom. The molecule has 38 heavy (non-hydrogen) atoms. The van der Waals surface area contributed by atoms with Crippen LogP contribution in [0.25, 0.3) is 0 Å². The van der Waals surface area contributed by atoms with Crippen molar-refractivity contribution in [1.29, 1.82) is 0 Å². The minimum Gasteiger partial charge on any atom is -0.465 e. The molecule has 0 saturated carbocycles.